The van der Waals surface area contributed by atoms with E-state index in [-0.39, 0.29) is 49.1 Å². The monoisotopic (exact) mass is 684 g/mol. The highest BCUT2D eigenvalue weighted by Crippen LogP contribution is 2.47. The molecule has 0 spiro atoms. The molecule has 1 amide bonds. The van der Waals surface area contributed by atoms with Crippen LogP contribution >= 0.6 is 11.3 Å². The number of aliphatic hydroxyl groups is 1. The number of carbonyl (C=O) groups excluding carboxylic acids is 1. The number of thiophene rings is 1. The summed E-state index contributed by atoms with van der Waals surface area (Å²) in [6.07, 6.45) is 1.30. The number of nitrogens with zero attached hydrogens (tertiary/aromatic N) is 6. The lowest BCUT2D eigenvalue weighted by molar-refractivity contribution is -0.129. The van der Waals surface area contributed by atoms with Gasteiger partial charge >= 0.3 is 0 Å². The minimum atomic E-state index is -0.810. The number of benzene rings is 2. The molecule has 7 rings (SSSR count). The normalized spacial score (nSPS) is 16.0. The van der Waals surface area contributed by atoms with Crippen LogP contribution in [0.25, 0.3) is 54.9 Å². The maximum Gasteiger partial charge on any atom is 0.246 e. The summed E-state index contributed by atoms with van der Waals surface area (Å²) in [5.41, 5.74) is 4.99. The van der Waals surface area contributed by atoms with Gasteiger partial charge in [0.1, 0.15) is 47.8 Å². The molecule has 0 fully saturated rings. The summed E-state index contributed by atoms with van der Waals surface area (Å²) in [6, 6.07) is 11.1. The number of halogens is 2. The van der Waals surface area contributed by atoms with Crippen molar-refractivity contribution >= 4 is 38.4 Å². The molecule has 13 heteroatoms. The molecule has 0 bridgehead atoms. The Bertz CT molecular complexity index is 2260. The average molecular weight is 685 g/mol. The molecule has 49 heavy (non-hydrogen) atoms. The number of aromatic nitrogens is 5. The minimum Gasteiger partial charge on any atom is -0.490 e. The van der Waals surface area contributed by atoms with Gasteiger partial charge in [-0.25, -0.2) is 18.7 Å². The van der Waals surface area contributed by atoms with Gasteiger partial charge in [0.25, 0.3) is 0 Å². The second-order valence-electron chi connectivity index (χ2n) is 12.0. The number of ether oxygens (including phenoxy) is 2. The topological polar surface area (TPSA) is 108 Å². The van der Waals surface area contributed by atoms with Gasteiger partial charge in [0.15, 0.2) is 0 Å². The maximum atomic E-state index is 16.2. The zero-order valence-electron chi connectivity index (χ0n) is 27.4. The van der Waals surface area contributed by atoms with Crippen LogP contribution in [0.4, 0.5) is 8.78 Å². The summed E-state index contributed by atoms with van der Waals surface area (Å²) in [5.74, 6) is -1.23. The van der Waals surface area contributed by atoms with Gasteiger partial charge in [0.05, 0.1) is 51.4 Å². The van der Waals surface area contributed by atoms with Crippen LogP contribution in [0, 0.1) is 11.6 Å². The predicted molar refractivity (Wildman–Crippen MR) is 184 cm³/mol. The molecule has 5 heterocycles. The van der Waals surface area contributed by atoms with Gasteiger partial charge in [0, 0.05) is 49.3 Å². The molecule has 6 aromatic rings. The Kier molecular flexibility index (Phi) is 8.51. The van der Waals surface area contributed by atoms with E-state index in [2.05, 4.69) is 11.6 Å². The number of rotatable bonds is 9. The molecule has 0 aliphatic carbocycles. The summed E-state index contributed by atoms with van der Waals surface area (Å²) in [4.78, 5) is 24.3. The molecule has 2 aromatic carbocycles. The lowest BCUT2D eigenvalue weighted by Crippen LogP contribution is -2.42. The number of hydrogen-bond donors (Lipinski definition) is 1. The van der Waals surface area contributed by atoms with Crippen molar-refractivity contribution in [3.05, 3.63) is 83.7 Å². The van der Waals surface area contributed by atoms with Crippen LogP contribution in [0.2, 0.25) is 0 Å². The zero-order valence-corrected chi connectivity index (χ0v) is 28.2. The Balaban J connectivity index is 1.51. The van der Waals surface area contributed by atoms with Crippen molar-refractivity contribution in [1.29, 1.82) is 0 Å². The quantitative estimate of drug-likeness (QED) is 0.132. The fourth-order valence-corrected chi connectivity index (χ4v) is 7.53. The van der Waals surface area contributed by atoms with E-state index >= 15 is 4.39 Å². The number of aryl methyl sites for hydroxylation is 1. The maximum absolute atomic E-state index is 16.2. The highest BCUT2D eigenvalue weighted by atomic mass is 32.1. The van der Waals surface area contributed by atoms with Crippen LogP contribution < -0.4 is 4.74 Å². The lowest BCUT2D eigenvalue weighted by Gasteiger charge is -2.36. The molecule has 1 aliphatic rings. The average Bonchev–Trinajstić information content (AvgIpc) is 3.83. The molecular formula is C36H34F2N6O4S. The van der Waals surface area contributed by atoms with Crippen molar-refractivity contribution in [3.63, 3.8) is 0 Å². The number of hydrogen-bond acceptors (Lipinski definition) is 8. The zero-order chi connectivity index (χ0) is 34.6. The van der Waals surface area contributed by atoms with Crippen molar-refractivity contribution in [1.82, 2.24) is 29.2 Å². The number of amides is 1. The van der Waals surface area contributed by atoms with Crippen LogP contribution in [-0.4, -0.2) is 67.1 Å². The lowest BCUT2D eigenvalue weighted by atomic mass is 9.95. The van der Waals surface area contributed by atoms with Gasteiger partial charge in [-0.15, -0.1) is 11.3 Å². The largest absolute Gasteiger partial charge is 0.490 e. The van der Waals surface area contributed by atoms with Gasteiger partial charge in [-0.3, -0.25) is 9.48 Å². The third-order valence-electron chi connectivity index (χ3n) is 9.05. The highest BCUT2D eigenvalue weighted by molar-refractivity contribution is 7.17. The first kappa shape index (κ1) is 32.6. The minimum absolute atomic E-state index is 0.0118. The Morgan fingerprint density at radius 1 is 1.10 bits per heavy atom. The molecule has 0 unspecified atom stereocenters. The van der Waals surface area contributed by atoms with E-state index in [1.54, 1.807) is 4.90 Å². The number of carbonyl (C=O) groups is 1. The van der Waals surface area contributed by atoms with Crippen molar-refractivity contribution < 1.29 is 28.2 Å². The first-order valence-corrected chi connectivity index (χ1v) is 16.6. The summed E-state index contributed by atoms with van der Waals surface area (Å²) < 4.78 is 46.4. The van der Waals surface area contributed by atoms with Gasteiger partial charge in [-0.2, -0.15) is 5.10 Å². The molecule has 1 aliphatic heterocycles. The van der Waals surface area contributed by atoms with E-state index < -0.39 is 11.6 Å². The molecule has 0 radical (unpaired) electrons. The van der Waals surface area contributed by atoms with Crippen LogP contribution in [0.1, 0.15) is 37.4 Å². The number of fused-ring (bicyclic) bond motifs is 3. The fraction of sp³-hybridized carbons (Fsp3) is 0.278. The summed E-state index contributed by atoms with van der Waals surface area (Å²) in [6.45, 7) is 8.08. The summed E-state index contributed by atoms with van der Waals surface area (Å²) in [5, 5.41) is 17.4. The molecule has 0 saturated carbocycles. The van der Waals surface area contributed by atoms with Crippen molar-refractivity contribution in [3.8, 4) is 39.5 Å². The van der Waals surface area contributed by atoms with Gasteiger partial charge < -0.3 is 24.0 Å². The molecule has 10 nitrogen and oxygen atoms in total. The second-order valence-corrected chi connectivity index (χ2v) is 12.9. The van der Waals surface area contributed by atoms with Crippen LogP contribution in [0.3, 0.4) is 0 Å². The standard InChI is InChI=1S/C36H34F2N6O4S/c1-6-31(46)43-17-19(2)44-28(20(43)3)16-26(41-44)35-32(33-24(38)14-22(37)15-29(33)48-11-10-47-5)23-9-12-49-36(23)34(40-35)21-7-8-27-25(13-21)39-30(18-45)42(27)4/h6-9,12-16,19-20,45H,1,10-11,17-18H2,2-5H3/t19-,20+/m0/s1. The number of aliphatic hydroxyl groups excluding tert-OH is 1. The van der Waals surface area contributed by atoms with E-state index in [1.807, 2.05) is 65.9 Å². The Hall–Kier alpha value is -4.98. The fourth-order valence-electron chi connectivity index (χ4n) is 6.62. The van der Waals surface area contributed by atoms with Gasteiger partial charge in [-0.05, 0) is 49.6 Å². The molecule has 252 valence electrons. The SMILES string of the molecule is C=CC(=O)N1C[C@H](C)n2nc(-c3nc(-c4ccc5c(c4)nc(CO)n5C)c4sccc4c3-c3c(F)cc(F)cc3OCCOC)cc2[C@H]1C. The molecule has 4 aromatic heterocycles. The Labute approximate surface area is 284 Å². The number of pyridine rings is 1. The Morgan fingerprint density at radius 3 is 2.67 bits per heavy atom. The predicted octanol–water partition coefficient (Wildman–Crippen LogP) is 6.83. The van der Waals surface area contributed by atoms with Gasteiger partial charge in [-0.1, -0.05) is 12.6 Å². The molecule has 2 atom stereocenters. The third-order valence-corrected chi connectivity index (χ3v) is 9.97. The summed E-state index contributed by atoms with van der Waals surface area (Å²) >= 11 is 1.45. The number of methoxy groups -OCH3 is 1. The van der Waals surface area contributed by atoms with Crippen molar-refractivity contribution in [2.24, 2.45) is 7.05 Å². The van der Waals surface area contributed by atoms with E-state index in [4.69, 9.17) is 19.6 Å². The Morgan fingerprint density at radius 2 is 1.92 bits per heavy atom. The first-order chi connectivity index (χ1) is 23.6. The van der Waals surface area contributed by atoms with Crippen LogP contribution in [0.15, 0.2) is 60.5 Å². The van der Waals surface area contributed by atoms with E-state index in [0.29, 0.717) is 45.9 Å². The van der Waals surface area contributed by atoms with E-state index in [0.717, 1.165) is 27.5 Å². The van der Waals surface area contributed by atoms with E-state index in [9.17, 15) is 14.3 Å². The smallest absolute Gasteiger partial charge is 0.246 e. The van der Waals surface area contributed by atoms with Crippen LogP contribution in [-0.2, 0) is 23.2 Å². The van der Waals surface area contributed by atoms with Crippen molar-refractivity contribution in [2.45, 2.75) is 32.5 Å². The summed E-state index contributed by atoms with van der Waals surface area (Å²) in [7, 11) is 3.37. The van der Waals surface area contributed by atoms with E-state index in [1.165, 1.54) is 30.6 Å². The van der Waals surface area contributed by atoms with Gasteiger partial charge in [0.2, 0.25) is 5.91 Å². The number of imidazole rings is 1. The third kappa shape index (κ3) is 5.47. The second kappa shape index (κ2) is 12.8. The van der Waals surface area contributed by atoms with Crippen molar-refractivity contribution in [2.75, 3.05) is 26.9 Å². The molecule has 0 saturated heterocycles. The van der Waals surface area contributed by atoms with Crippen LogP contribution in [0.5, 0.6) is 5.75 Å². The highest BCUT2D eigenvalue weighted by Gasteiger charge is 2.34. The molecular weight excluding hydrogens is 650 g/mol. The molecule has 1 N–H and O–H groups in total. The first-order valence-electron chi connectivity index (χ1n) is 15.8.